The number of halogens is 1. The van der Waals surface area contributed by atoms with Crippen LogP contribution in [0.1, 0.15) is 33.2 Å². The number of hydrogen-bond donors (Lipinski definition) is 1. The number of imidazole rings is 1. The van der Waals surface area contributed by atoms with Gasteiger partial charge in [0.2, 0.25) is 0 Å². The highest BCUT2D eigenvalue weighted by atomic mass is 127. The number of methoxy groups -OCH3 is 1. The van der Waals surface area contributed by atoms with Gasteiger partial charge in [0.05, 0.1) is 18.0 Å². The maximum absolute atomic E-state index is 5.47. The summed E-state index contributed by atoms with van der Waals surface area (Å²) >= 11 is 0. The molecule has 1 fully saturated rings. The van der Waals surface area contributed by atoms with Gasteiger partial charge in [0.15, 0.2) is 5.96 Å². The van der Waals surface area contributed by atoms with Crippen LogP contribution < -0.4 is 5.32 Å². The predicted octanol–water partition coefficient (Wildman–Crippen LogP) is 2.38. The third-order valence-electron chi connectivity index (χ3n) is 4.56. The van der Waals surface area contributed by atoms with Gasteiger partial charge in [0.1, 0.15) is 0 Å². The first-order valence-electron chi connectivity index (χ1n) is 7.95. The molecule has 1 aromatic rings. The van der Waals surface area contributed by atoms with Gasteiger partial charge in [-0.05, 0) is 26.2 Å². The van der Waals surface area contributed by atoms with Crippen LogP contribution >= 0.6 is 24.0 Å². The largest absolute Gasteiger partial charge is 0.377 e. The van der Waals surface area contributed by atoms with E-state index in [-0.39, 0.29) is 29.6 Å². The Kier molecular flexibility index (Phi) is 7.79. The summed E-state index contributed by atoms with van der Waals surface area (Å²) in [5.41, 5.74) is -0.206. The van der Waals surface area contributed by atoms with Gasteiger partial charge < -0.3 is 19.5 Å². The Morgan fingerprint density at radius 1 is 1.48 bits per heavy atom. The molecule has 0 aliphatic carbocycles. The highest BCUT2D eigenvalue weighted by Crippen LogP contribution is 2.27. The van der Waals surface area contributed by atoms with Crippen LogP contribution in [0.2, 0.25) is 0 Å². The van der Waals surface area contributed by atoms with Crippen molar-refractivity contribution in [2.75, 3.05) is 33.8 Å². The van der Waals surface area contributed by atoms with Crippen molar-refractivity contribution < 1.29 is 4.74 Å². The third-order valence-corrected chi connectivity index (χ3v) is 4.56. The van der Waals surface area contributed by atoms with E-state index in [1.54, 1.807) is 7.11 Å². The molecule has 7 heteroatoms. The van der Waals surface area contributed by atoms with Crippen molar-refractivity contribution in [3.63, 3.8) is 0 Å². The van der Waals surface area contributed by atoms with E-state index in [1.165, 1.54) is 0 Å². The first-order valence-corrected chi connectivity index (χ1v) is 7.95. The molecule has 1 aromatic heterocycles. The zero-order valence-corrected chi connectivity index (χ0v) is 17.2. The van der Waals surface area contributed by atoms with Crippen LogP contribution in [0.3, 0.4) is 0 Å². The summed E-state index contributed by atoms with van der Waals surface area (Å²) in [5, 5.41) is 3.44. The number of hydrogen-bond acceptors (Lipinski definition) is 3. The number of rotatable bonds is 4. The summed E-state index contributed by atoms with van der Waals surface area (Å²) in [6.45, 7) is 9.16. The van der Waals surface area contributed by atoms with Crippen LogP contribution in [-0.4, -0.2) is 59.8 Å². The number of nitrogens with zero attached hydrogens (tertiary/aromatic N) is 4. The average molecular weight is 435 g/mol. The summed E-state index contributed by atoms with van der Waals surface area (Å²) in [7, 11) is 3.58. The van der Waals surface area contributed by atoms with Crippen LogP contribution in [0.25, 0.3) is 0 Å². The van der Waals surface area contributed by atoms with Gasteiger partial charge in [0, 0.05) is 46.2 Å². The molecular formula is C16H30IN5O. The quantitative estimate of drug-likeness (QED) is 0.449. The van der Waals surface area contributed by atoms with Gasteiger partial charge in [-0.1, -0.05) is 6.92 Å². The van der Waals surface area contributed by atoms with E-state index in [1.807, 2.05) is 19.6 Å². The fraction of sp³-hybridized carbons (Fsp3) is 0.750. The van der Waals surface area contributed by atoms with Crippen molar-refractivity contribution in [2.24, 2.45) is 10.9 Å². The van der Waals surface area contributed by atoms with Crippen molar-refractivity contribution in [2.45, 2.75) is 38.8 Å². The van der Waals surface area contributed by atoms with Crippen molar-refractivity contribution >= 4 is 29.9 Å². The van der Waals surface area contributed by atoms with Gasteiger partial charge in [0.25, 0.3) is 0 Å². The maximum atomic E-state index is 5.47. The summed E-state index contributed by atoms with van der Waals surface area (Å²) in [5.74, 6) is 1.58. The zero-order valence-electron chi connectivity index (χ0n) is 14.8. The molecule has 1 aliphatic rings. The summed E-state index contributed by atoms with van der Waals surface area (Å²) < 4.78 is 7.68. The minimum absolute atomic E-state index is 0. The number of nitrogens with one attached hydrogen (secondary N) is 1. The Labute approximate surface area is 156 Å². The Morgan fingerprint density at radius 3 is 2.78 bits per heavy atom. The molecule has 0 aromatic carbocycles. The van der Waals surface area contributed by atoms with Crippen molar-refractivity contribution in [1.82, 2.24) is 19.8 Å². The molecule has 0 spiro atoms. The number of guanidine groups is 1. The third kappa shape index (κ3) is 5.34. The minimum atomic E-state index is -0.206. The fourth-order valence-corrected chi connectivity index (χ4v) is 2.79. The number of aliphatic imine (C=N–C) groups is 1. The van der Waals surface area contributed by atoms with Crippen molar-refractivity contribution in [1.29, 1.82) is 0 Å². The van der Waals surface area contributed by atoms with Crippen LogP contribution in [-0.2, 0) is 4.74 Å². The Balaban J connectivity index is 0.00000264. The minimum Gasteiger partial charge on any atom is -0.377 e. The molecule has 1 N–H and O–H groups in total. The Bertz CT molecular complexity index is 489. The van der Waals surface area contributed by atoms with Crippen molar-refractivity contribution in [3.8, 4) is 0 Å². The smallest absolute Gasteiger partial charge is 0.193 e. The molecule has 2 atom stereocenters. The second-order valence-corrected chi connectivity index (χ2v) is 6.65. The summed E-state index contributed by atoms with van der Waals surface area (Å²) in [4.78, 5) is 11.0. The van der Waals surface area contributed by atoms with E-state index < -0.39 is 0 Å². The van der Waals surface area contributed by atoms with Crippen LogP contribution in [0, 0.1) is 5.92 Å². The number of aromatic nitrogens is 2. The highest BCUT2D eigenvalue weighted by molar-refractivity contribution is 14.0. The lowest BCUT2D eigenvalue weighted by atomic mass is 9.93. The molecule has 6 nitrogen and oxygen atoms in total. The van der Waals surface area contributed by atoms with E-state index >= 15 is 0 Å². The van der Waals surface area contributed by atoms with Crippen LogP contribution in [0.4, 0.5) is 0 Å². The van der Waals surface area contributed by atoms with E-state index in [2.05, 4.69) is 51.7 Å². The second kappa shape index (κ2) is 8.86. The molecule has 0 radical (unpaired) electrons. The predicted molar refractivity (Wildman–Crippen MR) is 104 cm³/mol. The van der Waals surface area contributed by atoms with Crippen LogP contribution in [0.15, 0.2) is 23.7 Å². The Hall–Kier alpha value is -0.830. The van der Waals surface area contributed by atoms with E-state index in [0.717, 1.165) is 32.0 Å². The van der Waals surface area contributed by atoms with E-state index in [0.29, 0.717) is 12.0 Å². The number of piperidine rings is 1. The number of ether oxygens (including phenoxy) is 1. The molecule has 0 saturated carbocycles. The molecule has 2 heterocycles. The summed E-state index contributed by atoms with van der Waals surface area (Å²) in [6.07, 6.45) is 6.96. The SMILES string of the molecule is CN=C(NCC(C)(C)OC)N1CCC(C)C(n2ccnc2)C1.I. The number of likely N-dealkylation sites (tertiary alicyclic amines) is 1. The normalized spacial score (nSPS) is 22.7. The monoisotopic (exact) mass is 435 g/mol. The Morgan fingerprint density at radius 2 is 2.22 bits per heavy atom. The molecule has 2 unspecified atom stereocenters. The molecule has 23 heavy (non-hydrogen) atoms. The van der Waals surface area contributed by atoms with Gasteiger partial charge in [-0.3, -0.25) is 4.99 Å². The lowest BCUT2D eigenvalue weighted by molar-refractivity contribution is 0.0260. The topological polar surface area (TPSA) is 54.7 Å². The summed E-state index contributed by atoms with van der Waals surface area (Å²) in [6, 6.07) is 0.435. The van der Waals surface area contributed by atoms with Gasteiger partial charge >= 0.3 is 0 Å². The zero-order chi connectivity index (χ0) is 16.2. The van der Waals surface area contributed by atoms with Gasteiger partial charge in [-0.15, -0.1) is 24.0 Å². The van der Waals surface area contributed by atoms with E-state index in [9.17, 15) is 0 Å². The van der Waals surface area contributed by atoms with Crippen LogP contribution in [0.5, 0.6) is 0 Å². The average Bonchev–Trinajstić information content (AvgIpc) is 3.03. The van der Waals surface area contributed by atoms with E-state index in [4.69, 9.17) is 4.74 Å². The molecule has 1 aliphatic heterocycles. The lowest BCUT2D eigenvalue weighted by Crippen LogP contribution is -2.51. The van der Waals surface area contributed by atoms with Gasteiger partial charge in [-0.25, -0.2) is 4.98 Å². The molecule has 2 rings (SSSR count). The molecule has 0 amide bonds. The first kappa shape index (κ1) is 20.2. The maximum Gasteiger partial charge on any atom is 0.193 e. The highest BCUT2D eigenvalue weighted by Gasteiger charge is 2.29. The molecule has 132 valence electrons. The lowest BCUT2D eigenvalue weighted by Gasteiger charge is -2.39. The second-order valence-electron chi connectivity index (χ2n) is 6.65. The fourth-order valence-electron chi connectivity index (χ4n) is 2.79. The van der Waals surface area contributed by atoms with Crippen molar-refractivity contribution in [3.05, 3.63) is 18.7 Å². The molecule has 0 bridgehead atoms. The first-order chi connectivity index (χ1) is 10.5. The standard InChI is InChI=1S/C16H29N5O.HI/c1-13-6-8-20(10-14(13)21-9-7-18-12-21)15(17-4)19-11-16(2,3)22-5;/h7,9,12-14H,6,8,10-11H2,1-5H3,(H,17,19);1H. The van der Waals surface area contributed by atoms with Gasteiger partial charge in [-0.2, -0.15) is 0 Å². The molecule has 1 saturated heterocycles. The molecular weight excluding hydrogens is 405 g/mol.